The molecular weight excluding hydrogens is 394 g/mol. The Hall–Kier alpha value is -3.57. The van der Waals surface area contributed by atoms with Crippen LogP contribution in [-0.2, 0) is 4.79 Å². The van der Waals surface area contributed by atoms with Gasteiger partial charge in [0.05, 0.1) is 4.88 Å². The fourth-order valence-electron chi connectivity index (χ4n) is 3.08. The number of phenolic OH excluding ortho intramolecular Hbond substituents is 1. The van der Waals surface area contributed by atoms with Gasteiger partial charge < -0.3 is 15.2 Å². The molecule has 0 saturated heterocycles. The van der Waals surface area contributed by atoms with E-state index in [1.807, 2.05) is 30.3 Å². The van der Waals surface area contributed by atoms with E-state index in [4.69, 9.17) is 4.74 Å². The molecule has 1 amide bonds. The summed E-state index contributed by atoms with van der Waals surface area (Å²) in [5, 5.41) is 13.4. The highest BCUT2D eigenvalue weighted by Crippen LogP contribution is 2.47. The Morgan fingerprint density at radius 1 is 1.03 bits per heavy atom. The third-order valence-electron chi connectivity index (χ3n) is 4.72. The predicted octanol–water partition coefficient (Wildman–Crippen LogP) is 6.13. The molecule has 0 spiro atoms. The molecule has 1 aromatic heterocycles. The number of ether oxygens (including phenoxy) is 1. The van der Waals surface area contributed by atoms with Crippen LogP contribution in [0.15, 0.2) is 72.8 Å². The van der Waals surface area contributed by atoms with E-state index in [2.05, 4.69) is 36.5 Å². The van der Waals surface area contributed by atoms with Gasteiger partial charge in [0, 0.05) is 23.2 Å². The molecule has 4 nitrogen and oxygen atoms in total. The summed E-state index contributed by atoms with van der Waals surface area (Å²) < 4.78 is 7.28. The zero-order valence-corrected chi connectivity index (χ0v) is 17.5. The Morgan fingerprint density at radius 2 is 1.77 bits per heavy atom. The maximum atomic E-state index is 11.4. The number of rotatable bonds is 5. The maximum absolute atomic E-state index is 11.4. The third-order valence-corrected chi connectivity index (χ3v) is 5.90. The van der Waals surface area contributed by atoms with Crippen LogP contribution in [0.25, 0.3) is 26.6 Å². The smallest absolute Gasteiger partial charge is 0.243 e. The van der Waals surface area contributed by atoms with Gasteiger partial charge in [-0.2, -0.15) is 0 Å². The van der Waals surface area contributed by atoms with Crippen LogP contribution in [0.1, 0.15) is 11.1 Å². The average Bonchev–Trinajstić information content (AvgIpc) is 3.10. The molecule has 0 radical (unpaired) electrons. The lowest BCUT2D eigenvalue weighted by atomic mass is 10.1. The standard InChI is InChI=1S/C25H21NO3S/c1-16-3-8-18(9-4-16)25-24(21-13-10-19(27)15-22(21)30-25)29-20-11-5-17(6-12-20)7-14-23(28)26-2/h3-15,27H,1-2H3,(H,26,28)/b14-7+. The summed E-state index contributed by atoms with van der Waals surface area (Å²) >= 11 is 1.59. The van der Waals surface area contributed by atoms with E-state index in [9.17, 15) is 9.90 Å². The number of benzene rings is 3. The zero-order valence-electron chi connectivity index (χ0n) is 16.7. The second-order valence-electron chi connectivity index (χ2n) is 6.93. The number of carbonyl (C=O) groups excluding carboxylic acids is 1. The highest BCUT2D eigenvalue weighted by Gasteiger charge is 2.17. The molecule has 150 valence electrons. The van der Waals surface area contributed by atoms with Crippen LogP contribution in [0.4, 0.5) is 0 Å². The van der Waals surface area contributed by atoms with E-state index < -0.39 is 0 Å². The zero-order chi connectivity index (χ0) is 21.1. The van der Waals surface area contributed by atoms with Crippen molar-refractivity contribution in [1.29, 1.82) is 0 Å². The van der Waals surface area contributed by atoms with Crippen molar-refractivity contribution in [2.24, 2.45) is 0 Å². The molecule has 1 heterocycles. The summed E-state index contributed by atoms with van der Waals surface area (Å²) in [7, 11) is 1.60. The first-order valence-electron chi connectivity index (χ1n) is 9.54. The van der Waals surface area contributed by atoms with E-state index in [0.717, 1.165) is 31.8 Å². The summed E-state index contributed by atoms with van der Waals surface area (Å²) in [6, 6.07) is 21.2. The van der Waals surface area contributed by atoms with Gasteiger partial charge in [-0.05, 0) is 54.5 Å². The van der Waals surface area contributed by atoms with Crippen LogP contribution >= 0.6 is 11.3 Å². The number of likely N-dealkylation sites (N-methyl/N-ethyl adjacent to an activating group) is 1. The minimum absolute atomic E-state index is 0.147. The maximum Gasteiger partial charge on any atom is 0.243 e. The van der Waals surface area contributed by atoms with Crippen LogP contribution in [0.5, 0.6) is 17.2 Å². The van der Waals surface area contributed by atoms with Crippen LogP contribution in [0.3, 0.4) is 0 Å². The number of fused-ring (bicyclic) bond motifs is 1. The van der Waals surface area contributed by atoms with Gasteiger partial charge in [0.2, 0.25) is 5.91 Å². The lowest BCUT2D eigenvalue weighted by molar-refractivity contribution is -0.115. The van der Waals surface area contributed by atoms with Gasteiger partial charge in [-0.1, -0.05) is 42.0 Å². The molecule has 5 heteroatoms. The van der Waals surface area contributed by atoms with Crippen LogP contribution in [0, 0.1) is 6.92 Å². The molecule has 0 aliphatic heterocycles. The number of amides is 1. The van der Waals surface area contributed by atoms with Gasteiger partial charge in [-0.15, -0.1) is 11.3 Å². The molecule has 4 rings (SSSR count). The Morgan fingerprint density at radius 3 is 2.47 bits per heavy atom. The van der Waals surface area contributed by atoms with Gasteiger partial charge in [0.25, 0.3) is 0 Å². The summed E-state index contributed by atoms with van der Waals surface area (Å²) in [5.41, 5.74) is 3.17. The lowest BCUT2D eigenvalue weighted by Crippen LogP contribution is -2.13. The molecule has 0 fully saturated rings. The fourth-order valence-corrected chi connectivity index (χ4v) is 4.25. The molecule has 0 unspecified atom stereocenters. The summed E-state index contributed by atoms with van der Waals surface area (Å²) in [6.45, 7) is 2.06. The van der Waals surface area contributed by atoms with Gasteiger partial charge in [0.1, 0.15) is 11.5 Å². The quantitative estimate of drug-likeness (QED) is 0.385. The van der Waals surface area contributed by atoms with Crippen molar-refractivity contribution < 1.29 is 14.6 Å². The third kappa shape index (κ3) is 4.21. The molecular formula is C25H21NO3S. The lowest BCUT2D eigenvalue weighted by Gasteiger charge is -2.09. The number of carbonyl (C=O) groups is 1. The highest BCUT2D eigenvalue weighted by atomic mass is 32.1. The van der Waals surface area contributed by atoms with E-state index in [0.29, 0.717) is 5.75 Å². The first-order valence-corrected chi connectivity index (χ1v) is 10.4. The number of hydrogen-bond acceptors (Lipinski definition) is 4. The Bertz CT molecular complexity index is 1220. The normalized spacial score (nSPS) is 11.1. The van der Waals surface area contributed by atoms with E-state index in [1.54, 1.807) is 36.6 Å². The monoisotopic (exact) mass is 415 g/mol. The molecule has 3 aromatic carbocycles. The summed E-state index contributed by atoms with van der Waals surface area (Å²) in [4.78, 5) is 12.4. The molecule has 0 bridgehead atoms. The molecule has 0 atom stereocenters. The summed E-state index contributed by atoms with van der Waals surface area (Å²) in [6.07, 6.45) is 3.24. The van der Waals surface area contributed by atoms with Crippen LogP contribution in [0.2, 0.25) is 0 Å². The first kappa shape index (κ1) is 19.7. The van der Waals surface area contributed by atoms with E-state index in [-0.39, 0.29) is 11.7 Å². The number of thiophene rings is 1. The number of aromatic hydroxyl groups is 1. The van der Waals surface area contributed by atoms with Gasteiger partial charge >= 0.3 is 0 Å². The fraction of sp³-hybridized carbons (Fsp3) is 0.0800. The topological polar surface area (TPSA) is 58.6 Å². The van der Waals surface area contributed by atoms with E-state index in [1.165, 1.54) is 11.6 Å². The second-order valence-corrected chi connectivity index (χ2v) is 7.98. The molecule has 4 aromatic rings. The van der Waals surface area contributed by atoms with Crippen molar-refractivity contribution in [2.75, 3.05) is 7.05 Å². The SMILES string of the molecule is CNC(=O)/C=C/c1ccc(Oc2c(-c3ccc(C)cc3)sc3cc(O)ccc23)cc1. The van der Waals surface area contributed by atoms with Crippen molar-refractivity contribution >= 4 is 33.4 Å². The van der Waals surface area contributed by atoms with Gasteiger partial charge in [0.15, 0.2) is 5.75 Å². The average molecular weight is 416 g/mol. The van der Waals surface area contributed by atoms with Crippen molar-refractivity contribution in [3.63, 3.8) is 0 Å². The van der Waals surface area contributed by atoms with Crippen LogP contribution < -0.4 is 10.1 Å². The predicted molar refractivity (Wildman–Crippen MR) is 123 cm³/mol. The molecule has 0 saturated carbocycles. The second kappa shape index (κ2) is 8.43. The number of phenols is 1. The number of nitrogens with one attached hydrogen (secondary N) is 1. The van der Waals surface area contributed by atoms with Crippen molar-refractivity contribution in [2.45, 2.75) is 6.92 Å². The molecule has 2 N–H and O–H groups in total. The minimum atomic E-state index is -0.147. The van der Waals surface area contributed by atoms with Gasteiger partial charge in [-0.3, -0.25) is 4.79 Å². The van der Waals surface area contributed by atoms with Crippen molar-refractivity contribution in [1.82, 2.24) is 5.32 Å². The summed E-state index contributed by atoms with van der Waals surface area (Å²) in [5.74, 6) is 1.56. The molecule has 0 aliphatic rings. The molecule has 0 aliphatic carbocycles. The van der Waals surface area contributed by atoms with Crippen molar-refractivity contribution in [3.8, 4) is 27.7 Å². The first-order chi connectivity index (χ1) is 14.5. The van der Waals surface area contributed by atoms with E-state index >= 15 is 0 Å². The largest absolute Gasteiger partial charge is 0.508 e. The Kier molecular flexibility index (Phi) is 5.55. The Labute approximate surface area is 179 Å². The number of aryl methyl sites for hydroxylation is 1. The van der Waals surface area contributed by atoms with Gasteiger partial charge in [-0.25, -0.2) is 0 Å². The molecule has 30 heavy (non-hydrogen) atoms. The highest BCUT2D eigenvalue weighted by molar-refractivity contribution is 7.22. The Balaban J connectivity index is 1.71. The number of hydrogen-bond donors (Lipinski definition) is 2. The van der Waals surface area contributed by atoms with Crippen LogP contribution in [-0.4, -0.2) is 18.1 Å². The minimum Gasteiger partial charge on any atom is -0.508 e. The van der Waals surface area contributed by atoms with Crippen molar-refractivity contribution in [3.05, 3.63) is 83.9 Å².